The van der Waals surface area contributed by atoms with Crippen LogP contribution in [0.15, 0.2) is 18.2 Å². The molecule has 1 unspecified atom stereocenters. The van der Waals surface area contributed by atoms with Crippen molar-refractivity contribution >= 4 is 11.6 Å². The molecule has 0 spiro atoms. The molecule has 0 radical (unpaired) electrons. The third-order valence-corrected chi connectivity index (χ3v) is 2.59. The van der Waals surface area contributed by atoms with Crippen LogP contribution in [0, 0.1) is 0 Å². The van der Waals surface area contributed by atoms with E-state index < -0.39 is 0 Å². The van der Waals surface area contributed by atoms with E-state index >= 15 is 0 Å². The number of benzene rings is 1. The molecule has 0 fully saturated rings. The van der Waals surface area contributed by atoms with Gasteiger partial charge in [-0.3, -0.25) is 0 Å². The van der Waals surface area contributed by atoms with Gasteiger partial charge < -0.3 is 15.2 Å². The lowest BCUT2D eigenvalue weighted by Gasteiger charge is -2.12. The predicted octanol–water partition coefficient (Wildman–Crippen LogP) is 2.59. The summed E-state index contributed by atoms with van der Waals surface area (Å²) in [5.74, 6) is 2.11. The Morgan fingerprint density at radius 3 is 2.71 bits per heavy atom. The summed E-state index contributed by atoms with van der Waals surface area (Å²) in [4.78, 5) is 0. The number of rotatable bonds is 7. The highest BCUT2D eigenvalue weighted by atomic mass is 35.5. The Bertz CT molecular complexity index is 342. The SMILES string of the molecule is COc1cc(CC(C)N)ccc1OCCCCl. The summed E-state index contributed by atoms with van der Waals surface area (Å²) in [5, 5.41) is 0. The van der Waals surface area contributed by atoms with Crippen LogP contribution in [0.3, 0.4) is 0 Å². The van der Waals surface area contributed by atoms with Gasteiger partial charge >= 0.3 is 0 Å². The van der Waals surface area contributed by atoms with Gasteiger partial charge in [0.2, 0.25) is 0 Å². The Morgan fingerprint density at radius 1 is 1.35 bits per heavy atom. The quantitative estimate of drug-likeness (QED) is 0.603. The van der Waals surface area contributed by atoms with E-state index in [-0.39, 0.29) is 6.04 Å². The lowest BCUT2D eigenvalue weighted by molar-refractivity contribution is 0.295. The fourth-order valence-electron chi connectivity index (χ4n) is 1.57. The van der Waals surface area contributed by atoms with Crippen LogP contribution in [0.25, 0.3) is 0 Å². The van der Waals surface area contributed by atoms with Crippen LogP contribution in [-0.2, 0) is 6.42 Å². The zero-order valence-electron chi connectivity index (χ0n) is 10.4. The maximum absolute atomic E-state index is 5.77. The van der Waals surface area contributed by atoms with Crippen LogP contribution >= 0.6 is 11.6 Å². The first kappa shape index (κ1) is 14.1. The molecule has 2 N–H and O–H groups in total. The number of alkyl halides is 1. The molecular weight excluding hydrogens is 238 g/mol. The predicted molar refractivity (Wildman–Crippen MR) is 71.2 cm³/mol. The molecule has 1 atom stereocenters. The second kappa shape index (κ2) is 7.41. The first-order valence-corrected chi connectivity index (χ1v) is 6.32. The van der Waals surface area contributed by atoms with E-state index in [1.807, 2.05) is 25.1 Å². The number of ether oxygens (including phenoxy) is 2. The second-order valence-corrected chi connectivity index (χ2v) is 4.44. The van der Waals surface area contributed by atoms with E-state index in [9.17, 15) is 0 Å². The van der Waals surface area contributed by atoms with Gasteiger partial charge in [0.25, 0.3) is 0 Å². The monoisotopic (exact) mass is 257 g/mol. The largest absolute Gasteiger partial charge is 0.493 e. The van der Waals surface area contributed by atoms with Gasteiger partial charge in [0.15, 0.2) is 11.5 Å². The van der Waals surface area contributed by atoms with Crippen LogP contribution in [0.1, 0.15) is 18.9 Å². The Hall–Kier alpha value is -0.930. The Morgan fingerprint density at radius 2 is 2.12 bits per heavy atom. The highest BCUT2D eigenvalue weighted by Gasteiger charge is 2.06. The summed E-state index contributed by atoms with van der Waals surface area (Å²) in [7, 11) is 1.64. The average molecular weight is 258 g/mol. The van der Waals surface area contributed by atoms with E-state index in [0.29, 0.717) is 12.5 Å². The number of nitrogens with two attached hydrogens (primary N) is 1. The molecule has 96 valence electrons. The van der Waals surface area contributed by atoms with Crippen LogP contribution in [0.4, 0.5) is 0 Å². The molecule has 0 aromatic heterocycles. The lowest BCUT2D eigenvalue weighted by atomic mass is 10.1. The number of hydrogen-bond acceptors (Lipinski definition) is 3. The normalized spacial score (nSPS) is 12.2. The van der Waals surface area contributed by atoms with Gasteiger partial charge in [-0.1, -0.05) is 6.07 Å². The molecule has 0 aliphatic rings. The van der Waals surface area contributed by atoms with Gasteiger partial charge in [-0.15, -0.1) is 11.6 Å². The topological polar surface area (TPSA) is 44.5 Å². The summed E-state index contributed by atoms with van der Waals surface area (Å²) >= 11 is 5.60. The van der Waals surface area contributed by atoms with Crippen molar-refractivity contribution in [2.75, 3.05) is 19.6 Å². The van der Waals surface area contributed by atoms with Crippen molar-refractivity contribution < 1.29 is 9.47 Å². The molecule has 4 heteroatoms. The van der Waals surface area contributed by atoms with Crippen molar-refractivity contribution in [3.63, 3.8) is 0 Å². The fraction of sp³-hybridized carbons (Fsp3) is 0.538. The molecule has 0 aliphatic heterocycles. The van der Waals surface area contributed by atoms with Crippen molar-refractivity contribution in [1.29, 1.82) is 0 Å². The number of halogens is 1. The zero-order chi connectivity index (χ0) is 12.7. The minimum atomic E-state index is 0.141. The summed E-state index contributed by atoms with van der Waals surface area (Å²) in [5.41, 5.74) is 6.92. The van der Waals surface area contributed by atoms with Crippen molar-refractivity contribution in [3.05, 3.63) is 23.8 Å². The molecular formula is C13H20ClNO2. The third-order valence-electron chi connectivity index (χ3n) is 2.32. The molecule has 0 aliphatic carbocycles. The zero-order valence-corrected chi connectivity index (χ0v) is 11.2. The van der Waals surface area contributed by atoms with Crippen LogP contribution < -0.4 is 15.2 Å². The maximum Gasteiger partial charge on any atom is 0.161 e. The van der Waals surface area contributed by atoms with Crippen LogP contribution in [-0.4, -0.2) is 25.6 Å². The van der Waals surface area contributed by atoms with Gasteiger partial charge in [0, 0.05) is 11.9 Å². The van der Waals surface area contributed by atoms with Crippen molar-refractivity contribution in [1.82, 2.24) is 0 Å². The maximum atomic E-state index is 5.77. The third kappa shape index (κ3) is 4.84. The number of hydrogen-bond donors (Lipinski definition) is 1. The smallest absolute Gasteiger partial charge is 0.161 e. The minimum absolute atomic E-state index is 0.141. The Balaban J connectivity index is 2.71. The van der Waals surface area contributed by atoms with Crippen molar-refractivity contribution in [2.45, 2.75) is 25.8 Å². The minimum Gasteiger partial charge on any atom is -0.493 e. The van der Waals surface area contributed by atoms with E-state index in [1.54, 1.807) is 7.11 Å². The van der Waals surface area contributed by atoms with Crippen LogP contribution in [0.5, 0.6) is 11.5 Å². The first-order valence-electron chi connectivity index (χ1n) is 5.78. The van der Waals surface area contributed by atoms with Crippen molar-refractivity contribution in [2.24, 2.45) is 5.73 Å². The molecule has 1 rings (SSSR count). The van der Waals surface area contributed by atoms with Gasteiger partial charge in [-0.2, -0.15) is 0 Å². The molecule has 0 heterocycles. The Kier molecular flexibility index (Phi) is 6.16. The average Bonchev–Trinajstić information content (AvgIpc) is 2.30. The van der Waals surface area contributed by atoms with Crippen molar-refractivity contribution in [3.8, 4) is 11.5 Å². The molecule has 0 bridgehead atoms. The van der Waals surface area contributed by atoms with E-state index in [4.69, 9.17) is 26.8 Å². The van der Waals surface area contributed by atoms with Gasteiger partial charge in [-0.05, 0) is 37.5 Å². The standard InChI is InChI=1S/C13H20ClNO2/c1-10(15)8-11-4-5-12(13(9-11)16-2)17-7-3-6-14/h4-5,9-10H,3,6-8,15H2,1-2H3. The molecule has 1 aromatic carbocycles. The van der Waals surface area contributed by atoms with E-state index in [0.717, 1.165) is 29.9 Å². The van der Waals surface area contributed by atoms with E-state index in [1.165, 1.54) is 0 Å². The lowest BCUT2D eigenvalue weighted by Crippen LogP contribution is -2.17. The molecule has 17 heavy (non-hydrogen) atoms. The highest BCUT2D eigenvalue weighted by Crippen LogP contribution is 2.28. The summed E-state index contributed by atoms with van der Waals surface area (Å²) in [6, 6.07) is 6.05. The molecule has 0 saturated heterocycles. The molecule has 0 amide bonds. The second-order valence-electron chi connectivity index (χ2n) is 4.06. The molecule has 0 saturated carbocycles. The van der Waals surface area contributed by atoms with Gasteiger partial charge in [0.1, 0.15) is 0 Å². The molecule has 1 aromatic rings. The first-order chi connectivity index (χ1) is 8.17. The summed E-state index contributed by atoms with van der Waals surface area (Å²) in [6.45, 7) is 2.59. The number of methoxy groups -OCH3 is 1. The summed E-state index contributed by atoms with van der Waals surface area (Å²) < 4.78 is 10.9. The highest BCUT2D eigenvalue weighted by molar-refractivity contribution is 6.17. The summed E-state index contributed by atoms with van der Waals surface area (Å²) in [6.07, 6.45) is 1.66. The van der Waals surface area contributed by atoms with E-state index in [2.05, 4.69) is 0 Å². The molecule has 3 nitrogen and oxygen atoms in total. The van der Waals surface area contributed by atoms with Gasteiger partial charge in [0.05, 0.1) is 13.7 Å². The van der Waals surface area contributed by atoms with Crippen LogP contribution in [0.2, 0.25) is 0 Å². The fourth-order valence-corrected chi connectivity index (χ4v) is 1.68. The van der Waals surface area contributed by atoms with Gasteiger partial charge in [-0.25, -0.2) is 0 Å². The Labute approximate surface area is 108 Å².